The maximum atomic E-state index is 14.3. The van der Waals surface area contributed by atoms with E-state index < -0.39 is 35.5 Å². The second-order valence-electron chi connectivity index (χ2n) is 13.9. The predicted octanol–water partition coefficient (Wildman–Crippen LogP) is 4.82. The van der Waals surface area contributed by atoms with Crippen molar-refractivity contribution in [1.29, 1.82) is 0 Å². The van der Waals surface area contributed by atoms with E-state index >= 15 is 0 Å². The number of para-hydroxylation sites is 1. The molecule has 1 aromatic heterocycles. The van der Waals surface area contributed by atoms with Crippen molar-refractivity contribution in [2.24, 2.45) is 23.7 Å². The summed E-state index contributed by atoms with van der Waals surface area (Å²) in [7, 11) is 0. The number of amides is 3. The molecule has 7 rings (SSSR count). The van der Waals surface area contributed by atoms with Crippen LogP contribution in [0, 0.1) is 23.7 Å². The van der Waals surface area contributed by atoms with Gasteiger partial charge in [0.2, 0.25) is 11.8 Å². The summed E-state index contributed by atoms with van der Waals surface area (Å²) in [4.78, 5) is 56.1. The van der Waals surface area contributed by atoms with Crippen molar-refractivity contribution in [3.63, 3.8) is 0 Å². The molecule has 0 aliphatic heterocycles. The van der Waals surface area contributed by atoms with Gasteiger partial charge in [-0.1, -0.05) is 48.5 Å². The second-order valence-corrected chi connectivity index (χ2v) is 13.9. The van der Waals surface area contributed by atoms with Crippen LogP contribution in [0.15, 0.2) is 60.8 Å². The predicted molar refractivity (Wildman–Crippen MR) is 177 cm³/mol. The van der Waals surface area contributed by atoms with Crippen molar-refractivity contribution in [1.82, 2.24) is 20.9 Å². The third kappa shape index (κ3) is 7.80. The van der Waals surface area contributed by atoms with Crippen LogP contribution in [0.1, 0.15) is 63.5 Å². The van der Waals surface area contributed by atoms with E-state index in [1.807, 2.05) is 60.8 Å². The van der Waals surface area contributed by atoms with Crippen LogP contribution in [-0.4, -0.2) is 59.7 Å². The number of fused-ring (bicyclic) bond motifs is 1. The number of hydrogen-bond acceptors (Lipinski definition) is 6. The van der Waals surface area contributed by atoms with E-state index in [-0.39, 0.29) is 32.1 Å². The van der Waals surface area contributed by atoms with Crippen molar-refractivity contribution >= 4 is 34.8 Å². The van der Waals surface area contributed by atoms with E-state index in [9.17, 15) is 19.2 Å². The Kier molecular flexibility index (Phi) is 9.84. The lowest BCUT2D eigenvalue weighted by molar-refractivity contribution is -0.143. The van der Waals surface area contributed by atoms with Crippen LogP contribution in [0.25, 0.3) is 10.9 Å². The number of nitrogens with one attached hydrogen (secondary N) is 4. The minimum Gasteiger partial charge on any atom is -0.465 e. The molecule has 10 nitrogen and oxygen atoms in total. The van der Waals surface area contributed by atoms with Crippen LogP contribution < -0.4 is 16.0 Å². The summed E-state index contributed by atoms with van der Waals surface area (Å²) in [5.74, 6) is 0.903. The van der Waals surface area contributed by atoms with E-state index in [1.54, 1.807) is 13.8 Å². The molecule has 2 aromatic carbocycles. The molecule has 4 aliphatic carbocycles. The maximum absolute atomic E-state index is 14.3. The summed E-state index contributed by atoms with van der Waals surface area (Å²) in [5, 5.41) is 9.61. The van der Waals surface area contributed by atoms with Crippen LogP contribution >= 0.6 is 0 Å². The van der Waals surface area contributed by atoms with Crippen LogP contribution in [0.5, 0.6) is 0 Å². The molecular weight excluding hydrogens is 596 g/mol. The Morgan fingerprint density at radius 2 is 1.62 bits per heavy atom. The van der Waals surface area contributed by atoms with Crippen molar-refractivity contribution in [3.05, 3.63) is 71.9 Å². The van der Waals surface area contributed by atoms with Gasteiger partial charge >= 0.3 is 12.1 Å². The van der Waals surface area contributed by atoms with Gasteiger partial charge in [0.1, 0.15) is 18.2 Å². The number of aromatic amines is 1. The molecule has 3 amide bonds. The smallest absolute Gasteiger partial charge is 0.408 e. The second kappa shape index (κ2) is 14.2. The zero-order valence-electron chi connectivity index (χ0n) is 27.3. The Hall–Kier alpha value is -4.34. The van der Waals surface area contributed by atoms with E-state index in [4.69, 9.17) is 9.47 Å². The fraction of sp³-hybridized carbons (Fsp3) is 0.514. The van der Waals surface area contributed by atoms with Crippen molar-refractivity contribution in [2.75, 3.05) is 13.2 Å². The van der Waals surface area contributed by atoms with Gasteiger partial charge in [0, 0.05) is 36.0 Å². The summed E-state index contributed by atoms with van der Waals surface area (Å²) < 4.78 is 11.1. The van der Waals surface area contributed by atoms with Gasteiger partial charge in [0.05, 0.1) is 6.61 Å². The largest absolute Gasteiger partial charge is 0.465 e. The van der Waals surface area contributed by atoms with Crippen molar-refractivity contribution < 1.29 is 28.7 Å². The van der Waals surface area contributed by atoms with Crippen molar-refractivity contribution in [2.45, 2.75) is 82.9 Å². The van der Waals surface area contributed by atoms with Gasteiger partial charge in [-0.3, -0.25) is 14.4 Å². The van der Waals surface area contributed by atoms with Gasteiger partial charge in [-0.15, -0.1) is 0 Å². The molecule has 0 saturated heterocycles. The van der Waals surface area contributed by atoms with Gasteiger partial charge in [-0.25, -0.2) is 4.79 Å². The Labute approximate surface area is 275 Å². The highest BCUT2D eigenvalue weighted by atomic mass is 16.6. The summed E-state index contributed by atoms with van der Waals surface area (Å²) >= 11 is 0. The first-order chi connectivity index (χ1) is 22.7. The summed E-state index contributed by atoms with van der Waals surface area (Å²) in [6, 6.07) is 16.8. The molecule has 4 bridgehead atoms. The molecular formula is C37H46N4O6. The standard InChI is InChI=1S/C37H46N4O6/c1-3-46-33(43)22-39-32(42)19-29(18-23-9-5-4-6-10-23)40-35(44)37(2,20-28-21-38-31-12-8-7-11-30(28)31)41-36(45)47-34-26-14-24-13-25(16-26)17-27(34)15-24/h4-12,21,24-27,29,34,38H,3,13-20,22H2,1-2H3,(H,39,42)(H,40,44)(H,41,45)/t24?,25?,26?,27?,29-,34?,37+/m0/s1. The monoisotopic (exact) mass is 642 g/mol. The number of ether oxygens (including phenoxy) is 2. The zero-order valence-corrected chi connectivity index (χ0v) is 27.3. The molecule has 4 aliphatic rings. The fourth-order valence-electron chi connectivity index (χ4n) is 8.38. The molecule has 0 radical (unpaired) electrons. The first-order valence-corrected chi connectivity index (χ1v) is 17.0. The number of esters is 1. The Morgan fingerprint density at radius 1 is 0.936 bits per heavy atom. The molecule has 2 atom stereocenters. The topological polar surface area (TPSA) is 139 Å². The van der Waals surface area contributed by atoms with E-state index in [2.05, 4.69) is 20.9 Å². The Balaban J connectivity index is 1.21. The van der Waals surface area contributed by atoms with Gasteiger partial charge < -0.3 is 30.4 Å². The normalized spacial score (nSPS) is 24.6. The van der Waals surface area contributed by atoms with Gasteiger partial charge in [-0.2, -0.15) is 0 Å². The van der Waals surface area contributed by atoms with Crippen LogP contribution in [0.4, 0.5) is 4.79 Å². The molecule has 0 spiro atoms. The third-order valence-corrected chi connectivity index (χ3v) is 10.3. The molecule has 0 unspecified atom stereocenters. The van der Waals surface area contributed by atoms with E-state index in [0.29, 0.717) is 18.3 Å². The molecule has 250 valence electrons. The molecule has 4 saturated carbocycles. The molecule has 10 heteroatoms. The minimum absolute atomic E-state index is 0.0680. The number of H-pyrrole nitrogens is 1. The van der Waals surface area contributed by atoms with Crippen LogP contribution in [-0.2, 0) is 36.7 Å². The lowest BCUT2D eigenvalue weighted by Gasteiger charge is -2.53. The number of hydrogen-bond donors (Lipinski definition) is 4. The number of carbonyl (C=O) groups is 4. The molecule has 1 heterocycles. The van der Waals surface area contributed by atoms with Gasteiger partial charge in [0.15, 0.2) is 0 Å². The molecule has 47 heavy (non-hydrogen) atoms. The highest BCUT2D eigenvalue weighted by Crippen LogP contribution is 2.54. The first kappa shape index (κ1) is 32.6. The number of carbonyl (C=O) groups excluding carboxylic acids is 4. The molecule has 4 N–H and O–H groups in total. The fourth-order valence-corrected chi connectivity index (χ4v) is 8.38. The first-order valence-electron chi connectivity index (χ1n) is 17.0. The molecule has 4 fully saturated rings. The number of alkyl carbamates (subject to hydrolysis) is 1. The van der Waals surface area contributed by atoms with Crippen molar-refractivity contribution in [3.8, 4) is 0 Å². The Bertz CT molecular complexity index is 1560. The number of rotatable bonds is 13. The van der Waals surface area contributed by atoms with Gasteiger partial charge in [0.25, 0.3) is 0 Å². The van der Waals surface area contributed by atoms with Crippen LogP contribution in [0.2, 0.25) is 0 Å². The Morgan fingerprint density at radius 3 is 2.32 bits per heavy atom. The van der Waals surface area contributed by atoms with Gasteiger partial charge in [-0.05, 0) is 93.2 Å². The lowest BCUT2D eigenvalue weighted by atomic mass is 9.55. The summed E-state index contributed by atoms with van der Waals surface area (Å²) in [5.41, 5.74) is 1.34. The van der Waals surface area contributed by atoms with E-state index in [1.165, 1.54) is 6.42 Å². The lowest BCUT2D eigenvalue weighted by Crippen LogP contribution is -2.61. The average Bonchev–Trinajstić information content (AvgIpc) is 3.44. The summed E-state index contributed by atoms with van der Waals surface area (Å²) in [6.07, 6.45) is 7.40. The minimum atomic E-state index is -1.40. The quantitative estimate of drug-likeness (QED) is 0.197. The zero-order chi connectivity index (χ0) is 33.0. The third-order valence-electron chi connectivity index (χ3n) is 10.3. The SMILES string of the molecule is CCOC(=O)CNC(=O)C[C@H](Cc1ccccc1)NC(=O)[C@@](C)(Cc1c[nH]c2ccccc12)NC(=O)OC1C2CC3CC(C2)CC1C3. The highest BCUT2D eigenvalue weighted by Gasteiger charge is 2.50. The summed E-state index contributed by atoms with van der Waals surface area (Å²) in [6.45, 7) is 3.37. The van der Waals surface area contributed by atoms with E-state index in [0.717, 1.165) is 59.5 Å². The average molecular weight is 643 g/mol. The maximum Gasteiger partial charge on any atom is 0.408 e. The molecule has 3 aromatic rings. The number of aromatic nitrogens is 1. The number of benzene rings is 2. The van der Waals surface area contributed by atoms with Crippen LogP contribution in [0.3, 0.4) is 0 Å². The highest BCUT2D eigenvalue weighted by molar-refractivity contribution is 5.92.